The number of carbonyl (C=O) groups is 1. The maximum absolute atomic E-state index is 13.9. The average Bonchev–Trinajstić information content (AvgIpc) is 2.45. The maximum atomic E-state index is 13.9. The van der Waals surface area contributed by atoms with E-state index < -0.39 is 12.1 Å². The van der Waals surface area contributed by atoms with Crippen molar-refractivity contribution < 1.29 is 9.18 Å². The van der Waals surface area contributed by atoms with Crippen molar-refractivity contribution in [3.63, 3.8) is 0 Å². The minimum Gasteiger partial charge on any atom is -0.318 e. The summed E-state index contributed by atoms with van der Waals surface area (Å²) in [6, 6.07) is 12.9. The summed E-state index contributed by atoms with van der Waals surface area (Å²) < 4.78 is 13.9. The Kier molecular flexibility index (Phi) is 3.03. The fourth-order valence-corrected chi connectivity index (χ4v) is 2.62. The second-order valence-electron chi connectivity index (χ2n) is 5.04. The molecule has 2 atom stereocenters. The van der Waals surface area contributed by atoms with E-state index in [-0.39, 0.29) is 11.7 Å². The lowest BCUT2D eigenvalue weighted by molar-refractivity contribution is -0.126. The van der Waals surface area contributed by atoms with E-state index in [4.69, 9.17) is 5.73 Å². The molecule has 1 aliphatic heterocycles. The van der Waals surface area contributed by atoms with E-state index in [2.05, 4.69) is 0 Å². The number of carbonyl (C=O) groups excluding carboxylic acids is 1. The van der Waals surface area contributed by atoms with Gasteiger partial charge in [0.25, 0.3) is 0 Å². The third-order valence-corrected chi connectivity index (χ3v) is 3.64. The Morgan fingerprint density at radius 1 is 1.15 bits per heavy atom. The number of aryl methyl sites for hydroxylation is 1. The van der Waals surface area contributed by atoms with Crippen molar-refractivity contribution in [1.29, 1.82) is 0 Å². The van der Waals surface area contributed by atoms with Gasteiger partial charge < -0.3 is 10.6 Å². The van der Waals surface area contributed by atoms with Crippen LogP contribution < -0.4 is 10.6 Å². The first-order valence-corrected chi connectivity index (χ1v) is 6.49. The Morgan fingerprint density at radius 2 is 1.90 bits per heavy atom. The molecule has 102 valence electrons. The molecule has 0 aliphatic carbocycles. The maximum Gasteiger partial charge on any atom is 0.247 e. The molecule has 1 fully saturated rings. The smallest absolute Gasteiger partial charge is 0.247 e. The number of benzene rings is 2. The minimum absolute atomic E-state index is 0.177. The summed E-state index contributed by atoms with van der Waals surface area (Å²) in [5.74, 6) is -0.512. The normalized spacial score (nSPS) is 21.8. The van der Waals surface area contributed by atoms with Crippen LogP contribution in [0.1, 0.15) is 17.2 Å². The second kappa shape index (κ2) is 4.72. The highest BCUT2D eigenvalue weighted by Crippen LogP contribution is 2.39. The molecular weight excluding hydrogens is 255 g/mol. The SMILES string of the molecule is Cc1cccc(N2C(=O)C(N)C2c2ccccc2F)c1. The topological polar surface area (TPSA) is 46.3 Å². The summed E-state index contributed by atoms with van der Waals surface area (Å²) in [6.45, 7) is 1.95. The summed E-state index contributed by atoms with van der Waals surface area (Å²) in [5, 5.41) is 0. The first kappa shape index (κ1) is 12.8. The van der Waals surface area contributed by atoms with Crippen LogP contribution in [-0.4, -0.2) is 11.9 Å². The molecular formula is C16H15FN2O. The molecule has 3 nitrogen and oxygen atoms in total. The van der Waals surface area contributed by atoms with E-state index in [1.807, 2.05) is 31.2 Å². The molecule has 0 spiro atoms. The first-order valence-electron chi connectivity index (χ1n) is 6.49. The van der Waals surface area contributed by atoms with E-state index in [1.165, 1.54) is 6.07 Å². The lowest BCUT2D eigenvalue weighted by Crippen LogP contribution is -2.63. The van der Waals surface area contributed by atoms with E-state index in [0.717, 1.165) is 11.3 Å². The molecule has 3 rings (SSSR count). The molecule has 1 amide bonds. The Morgan fingerprint density at radius 3 is 2.60 bits per heavy atom. The summed E-state index contributed by atoms with van der Waals surface area (Å²) in [5.41, 5.74) is 8.13. The molecule has 0 aromatic heterocycles. The second-order valence-corrected chi connectivity index (χ2v) is 5.04. The van der Waals surface area contributed by atoms with Gasteiger partial charge >= 0.3 is 0 Å². The Balaban J connectivity index is 2.02. The number of rotatable bonds is 2. The number of β-lactam (4-membered cyclic amide) rings is 1. The van der Waals surface area contributed by atoms with Crippen molar-refractivity contribution >= 4 is 11.6 Å². The van der Waals surface area contributed by atoms with Gasteiger partial charge in [0.1, 0.15) is 11.9 Å². The van der Waals surface area contributed by atoms with Gasteiger partial charge in [0.15, 0.2) is 0 Å². The quantitative estimate of drug-likeness (QED) is 0.852. The lowest BCUT2D eigenvalue weighted by Gasteiger charge is -2.45. The molecule has 1 aliphatic rings. The van der Waals surface area contributed by atoms with Crippen LogP contribution in [-0.2, 0) is 4.79 Å². The van der Waals surface area contributed by atoms with E-state index in [1.54, 1.807) is 23.1 Å². The molecule has 1 saturated heterocycles. The highest BCUT2D eigenvalue weighted by atomic mass is 19.1. The molecule has 1 heterocycles. The monoisotopic (exact) mass is 270 g/mol. The van der Waals surface area contributed by atoms with Crippen molar-refractivity contribution in [3.8, 4) is 0 Å². The van der Waals surface area contributed by atoms with Crippen molar-refractivity contribution in [3.05, 3.63) is 65.5 Å². The minimum atomic E-state index is -0.688. The molecule has 0 saturated carbocycles. The van der Waals surface area contributed by atoms with Gasteiger partial charge in [-0.05, 0) is 30.7 Å². The van der Waals surface area contributed by atoms with Crippen LogP contribution in [0.25, 0.3) is 0 Å². The number of nitrogens with two attached hydrogens (primary N) is 1. The molecule has 2 unspecified atom stereocenters. The molecule has 0 bridgehead atoms. The van der Waals surface area contributed by atoms with Gasteiger partial charge in [-0.3, -0.25) is 4.79 Å². The summed E-state index contributed by atoms with van der Waals surface area (Å²) in [6.07, 6.45) is 0. The first-order chi connectivity index (χ1) is 9.59. The number of amides is 1. The van der Waals surface area contributed by atoms with Crippen LogP contribution in [0.5, 0.6) is 0 Å². The standard InChI is InChI=1S/C16H15FN2O/c1-10-5-4-6-11(9-10)19-15(14(18)16(19)20)12-7-2-3-8-13(12)17/h2-9,14-15H,18H2,1H3. The number of hydrogen-bond acceptors (Lipinski definition) is 2. The fraction of sp³-hybridized carbons (Fsp3) is 0.188. The Labute approximate surface area is 116 Å². The highest BCUT2D eigenvalue weighted by Gasteiger charge is 2.47. The van der Waals surface area contributed by atoms with Crippen LogP contribution in [0.3, 0.4) is 0 Å². The molecule has 2 aromatic rings. The zero-order valence-electron chi connectivity index (χ0n) is 11.1. The van der Waals surface area contributed by atoms with Crippen LogP contribution in [0.15, 0.2) is 48.5 Å². The van der Waals surface area contributed by atoms with Gasteiger partial charge in [0.2, 0.25) is 5.91 Å². The summed E-state index contributed by atoms with van der Waals surface area (Å²) in [7, 11) is 0. The molecule has 2 aromatic carbocycles. The zero-order valence-corrected chi connectivity index (χ0v) is 11.1. The van der Waals surface area contributed by atoms with Crippen molar-refractivity contribution in [2.75, 3.05) is 4.90 Å². The third kappa shape index (κ3) is 1.89. The number of halogens is 1. The van der Waals surface area contributed by atoms with E-state index in [0.29, 0.717) is 5.56 Å². The summed E-state index contributed by atoms with van der Waals surface area (Å²) >= 11 is 0. The number of anilines is 1. The van der Waals surface area contributed by atoms with Gasteiger partial charge in [-0.2, -0.15) is 0 Å². The van der Waals surface area contributed by atoms with Gasteiger partial charge in [0, 0.05) is 11.3 Å². The van der Waals surface area contributed by atoms with Crippen molar-refractivity contribution in [1.82, 2.24) is 0 Å². The summed E-state index contributed by atoms with van der Waals surface area (Å²) in [4.78, 5) is 13.6. The Hall–Kier alpha value is -2.20. The lowest BCUT2D eigenvalue weighted by atomic mass is 9.88. The molecule has 20 heavy (non-hydrogen) atoms. The van der Waals surface area contributed by atoms with Crippen molar-refractivity contribution in [2.24, 2.45) is 5.73 Å². The van der Waals surface area contributed by atoms with E-state index >= 15 is 0 Å². The number of hydrogen-bond donors (Lipinski definition) is 1. The molecule has 0 radical (unpaired) electrons. The predicted molar refractivity (Wildman–Crippen MR) is 75.8 cm³/mol. The average molecular weight is 270 g/mol. The molecule has 2 N–H and O–H groups in total. The zero-order chi connectivity index (χ0) is 14.3. The largest absolute Gasteiger partial charge is 0.318 e. The van der Waals surface area contributed by atoms with Gasteiger partial charge in [-0.15, -0.1) is 0 Å². The Bertz CT molecular complexity index is 671. The third-order valence-electron chi connectivity index (χ3n) is 3.64. The van der Waals surface area contributed by atoms with Gasteiger partial charge in [-0.25, -0.2) is 4.39 Å². The van der Waals surface area contributed by atoms with Gasteiger partial charge in [-0.1, -0.05) is 30.3 Å². The van der Waals surface area contributed by atoms with E-state index in [9.17, 15) is 9.18 Å². The van der Waals surface area contributed by atoms with Crippen LogP contribution in [0, 0.1) is 12.7 Å². The van der Waals surface area contributed by atoms with Gasteiger partial charge in [0.05, 0.1) is 6.04 Å². The van der Waals surface area contributed by atoms with Crippen LogP contribution in [0.2, 0.25) is 0 Å². The van der Waals surface area contributed by atoms with Crippen LogP contribution >= 0.6 is 0 Å². The van der Waals surface area contributed by atoms with Crippen molar-refractivity contribution in [2.45, 2.75) is 19.0 Å². The fourth-order valence-electron chi connectivity index (χ4n) is 2.62. The predicted octanol–water partition coefficient (Wildman–Crippen LogP) is 2.55. The van der Waals surface area contributed by atoms with Crippen LogP contribution in [0.4, 0.5) is 10.1 Å². The molecule has 4 heteroatoms. The highest BCUT2D eigenvalue weighted by molar-refractivity contribution is 6.05. The number of nitrogens with zero attached hydrogens (tertiary/aromatic N) is 1.